The molecule has 0 aliphatic carbocycles. The molecule has 0 saturated heterocycles. The van der Waals surface area contributed by atoms with Crippen molar-refractivity contribution in [1.82, 2.24) is 0 Å². The first-order valence-electron chi connectivity index (χ1n) is 37.1. The van der Waals surface area contributed by atoms with Gasteiger partial charge in [-0.1, -0.05) is 378 Å². The third-order valence-electron chi connectivity index (χ3n) is 16.8. The Hall–Kier alpha value is -2.63. The summed E-state index contributed by atoms with van der Waals surface area (Å²) in [5, 5.41) is 0. The van der Waals surface area contributed by atoms with Crippen LogP contribution in [0, 0.1) is 0 Å². The maximum absolute atomic E-state index is 13.0. The highest BCUT2D eigenvalue weighted by atomic mass is 16.6. The highest BCUT2D eigenvalue weighted by Crippen LogP contribution is 2.19. The van der Waals surface area contributed by atoms with Gasteiger partial charge in [-0.25, -0.2) is 0 Å². The largest absolute Gasteiger partial charge is 0.462 e. The second-order valence-corrected chi connectivity index (χ2v) is 25.2. The second kappa shape index (κ2) is 71.8. The van der Waals surface area contributed by atoms with E-state index < -0.39 is 6.10 Å². The van der Waals surface area contributed by atoms with Gasteiger partial charge in [-0.3, -0.25) is 14.4 Å². The summed E-state index contributed by atoms with van der Waals surface area (Å²) in [6, 6.07) is 0. The molecule has 0 radical (unpaired) electrons. The van der Waals surface area contributed by atoms with E-state index in [0.29, 0.717) is 19.3 Å². The summed E-state index contributed by atoms with van der Waals surface area (Å²) in [5.74, 6) is -0.839. The van der Waals surface area contributed by atoms with Crippen LogP contribution in [-0.2, 0) is 28.6 Å². The molecule has 0 rings (SSSR count). The molecule has 0 heterocycles. The number of hydrogen-bond acceptors (Lipinski definition) is 6. The van der Waals surface area contributed by atoms with Gasteiger partial charge < -0.3 is 14.2 Å². The summed E-state index contributed by atoms with van der Waals surface area (Å²) in [6.07, 6.45) is 91.5. The zero-order valence-corrected chi connectivity index (χ0v) is 56.0. The highest BCUT2D eigenvalue weighted by molar-refractivity contribution is 5.71. The number of esters is 3. The third kappa shape index (κ3) is 70.0. The number of carbonyl (C=O) groups is 3. The summed E-state index contributed by atoms with van der Waals surface area (Å²) >= 11 is 0. The van der Waals surface area contributed by atoms with Gasteiger partial charge in [0.05, 0.1) is 0 Å². The van der Waals surface area contributed by atoms with Gasteiger partial charge in [-0.05, 0) is 57.8 Å². The third-order valence-corrected chi connectivity index (χ3v) is 16.8. The first kappa shape index (κ1) is 80.4. The van der Waals surface area contributed by atoms with Crippen molar-refractivity contribution < 1.29 is 28.6 Å². The molecule has 1 unspecified atom stereocenters. The second-order valence-electron chi connectivity index (χ2n) is 25.2. The predicted octanol–water partition coefficient (Wildman–Crippen LogP) is 25.7. The van der Waals surface area contributed by atoms with Crippen molar-refractivity contribution in [2.45, 2.75) is 412 Å². The number of allylic oxidation sites excluding steroid dienone is 8. The lowest BCUT2D eigenvalue weighted by Crippen LogP contribution is -2.30. The van der Waals surface area contributed by atoms with Gasteiger partial charge in [-0.15, -0.1) is 0 Å². The Morgan fingerprint density at radius 2 is 0.470 bits per heavy atom. The van der Waals surface area contributed by atoms with Gasteiger partial charge in [0, 0.05) is 19.3 Å². The van der Waals surface area contributed by atoms with Crippen LogP contribution in [0.15, 0.2) is 48.6 Å². The molecule has 6 heteroatoms. The number of hydrogen-bond donors (Lipinski definition) is 0. The highest BCUT2D eigenvalue weighted by Gasteiger charge is 2.20. The van der Waals surface area contributed by atoms with Gasteiger partial charge in [0.25, 0.3) is 0 Å². The van der Waals surface area contributed by atoms with Crippen molar-refractivity contribution in [2.75, 3.05) is 13.2 Å². The van der Waals surface area contributed by atoms with E-state index in [4.69, 9.17) is 14.2 Å². The fraction of sp³-hybridized carbons (Fsp3) is 0.857. The number of rotatable bonds is 69. The van der Waals surface area contributed by atoms with Crippen molar-refractivity contribution in [3.8, 4) is 0 Å². The van der Waals surface area contributed by atoms with Crippen molar-refractivity contribution in [2.24, 2.45) is 0 Å². The van der Waals surface area contributed by atoms with Crippen LogP contribution in [0.4, 0.5) is 0 Å². The van der Waals surface area contributed by atoms with Gasteiger partial charge in [0.2, 0.25) is 0 Å². The van der Waals surface area contributed by atoms with Crippen molar-refractivity contribution >= 4 is 17.9 Å². The number of unbranched alkanes of at least 4 members (excludes halogenated alkanes) is 50. The quantitative estimate of drug-likeness (QED) is 0.0261. The smallest absolute Gasteiger partial charge is 0.306 e. The Bertz CT molecular complexity index is 1430. The molecular weight excluding hydrogens is 1020 g/mol. The van der Waals surface area contributed by atoms with E-state index >= 15 is 0 Å². The van der Waals surface area contributed by atoms with Crippen molar-refractivity contribution in [3.05, 3.63) is 48.6 Å². The fourth-order valence-corrected chi connectivity index (χ4v) is 11.3. The van der Waals surface area contributed by atoms with E-state index in [9.17, 15) is 14.4 Å². The van der Waals surface area contributed by atoms with E-state index in [2.05, 4.69) is 69.4 Å². The molecule has 0 aromatic rings. The maximum atomic E-state index is 13.0. The monoisotopic (exact) mass is 1160 g/mol. The minimum atomic E-state index is -0.774. The summed E-state index contributed by atoms with van der Waals surface area (Å²) in [6.45, 7) is 6.61. The van der Waals surface area contributed by atoms with E-state index in [0.717, 1.165) is 83.5 Å². The average Bonchev–Trinajstić information content (AvgIpc) is 3.49. The van der Waals surface area contributed by atoms with E-state index in [1.165, 1.54) is 283 Å². The molecule has 0 aliphatic heterocycles. The van der Waals surface area contributed by atoms with Crippen LogP contribution in [0.1, 0.15) is 406 Å². The van der Waals surface area contributed by atoms with Crippen LogP contribution in [0.3, 0.4) is 0 Å². The minimum Gasteiger partial charge on any atom is -0.462 e. The fourth-order valence-electron chi connectivity index (χ4n) is 11.3. The summed E-state index contributed by atoms with van der Waals surface area (Å²) < 4.78 is 17.0. The van der Waals surface area contributed by atoms with E-state index in [1.54, 1.807) is 0 Å². The Morgan fingerprint density at radius 1 is 0.253 bits per heavy atom. The molecule has 83 heavy (non-hydrogen) atoms. The topological polar surface area (TPSA) is 78.9 Å². The molecule has 1 atom stereocenters. The lowest BCUT2D eigenvalue weighted by Gasteiger charge is -2.18. The molecular formula is C77H142O6. The van der Waals surface area contributed by atoms with E-state index in [-0.39, 0.29) is 31.1 Å². The Morgan fingerprint density at radius 3 is 0.735 bits per heavy atom. The zero-order chi connectivity index (χ0) is 59.9. The zero-order valence-electron chi connectivity index (χ0n) is 56.0. The lowest BCUT2D eigenvalue weighted by atomic mass is 10.0. The molecule has 0 N–H and O–H groups in total. The summed E-state index contributed by atoms with van der Waals surface area (Å²) in [5.41, 5.74) is 0. The van der Waals surface area contributed by atoms with Crippen LogP contribution in [0.2, 0.25) is 0 Å². The summed E-state index contributed by atoms with van der Waals surface area (Å²) in [4.78, 5) is 38.6. The Kier molecular flexibility index (Phi) is 69.6. The van der Waals surface area contributed by atoms with Crippen molar-refractivity contribution in [1.29, 1.82) is 0 Å². The maximum Gasteiger partial charge on any atom is 0.306 e. The van der Waals surface area contributed by atoms with Gasteiger partial charge >= 0.3 is 17.9 Å². The molecule has 0 spiro atoms. The van der Waals surface area contributed by atoms with Crippen LogP contribution in [0.25, 0.3) is 0 Å². The van der Waals surface area contributed by atoms with Gasteiger partial charge in [0.1, 0.15) is 13.2 Å². The normalized spacial score (nSPS) is 12.3. The van der Waals surface area contributed by atoms with Crippen LogP contribution >= 0.6 is 0 Å². The molecule has 0 fully saturated rings. The van der Waals surface area contributed by atoms with Crippen LogP contribution < -0.4 is 0 Å². The number of carbonyl (C=O) groups excluding carboxylic acids is 3. The number of ether oxygens (including phenoxy) is 3. The molecule has 0 aliphatic rings. The molecule has 0 aromatic heterocycles. The molecule has 6 nitrogen and oxygen atoms in total. The van der Waals surface area contributed by atoms with Crippen LogP contribution in [-0.4, -0.2) is 37.2 Å². The lowest BCUT2D eigenvalue weighted by molar-refractivity contribution is -0.167. The standard InChI is InChI=1S/C77H142O6/c1-4-7-10-13-16-19-22-25-28-31-34-36-38-40-41-43-46-49-52-55-58-61-64-67-70-76(79)82-73-74(72-81-75(78)69-66-63-60-57-54-51-48-45-33-30-27-24-21-18-15-12-9-6-3)83-77(80)71-68-65-62-59-56-53-50-47-44-42-39-37-35-32-29-26-23-20-17-14-11-8-5-2/h8,11,17,20,26,29,35,37,74H,4-7,9-10,12-16,18-19,21-25,27-28,30-34,36,38-73H2,1-3H3/b11-8-,20-17-,29-26-,37-35-. The van der Waals surface area contributed by atoms with Gasteiger partial charge in [0.15, 0.2) is 6.10 Å². The van der Waals surface area contributed by atoms with Gasteiger partial charge in [-0.2, -0.15) is 0 Å². The first-order chi connectivity index (χ1) is 41.0. The minimum absolute atomic E-state index is 0.0686. The Balaban J connectivity index is 4.30. The Labute approximate surface area is 518 Å². The molecule has 486 valence electrons. The molecule has 0 amide bonds. The predicted molar refractivity (Wildman–Crippen MR) is 362 cm³/mol. The molecule has 0 saturated carbocycles. The van der Waals surface area contributed by atoms with Crippen LogP contribution in [0.5, 0.6) is 0 Å². The molecule has 0 bridgehead atoms. The summed E-state index contributed by atoms with van der Waals surface area (Å²) in [7, 11) is 0. The van der Waals surface area contributed by atoms with E-state index in [1.807, 2.05) is 0 Å². The SMILES string of the molecule is CC/C=C\C/C=C\C/C=C\C/C=C\CCCCCCCCCCCCC(=O)OC(COC(=O)CCCCCCCCCCCCCCCCCCCC)COC(=O)CCCCCCCCCCCCCCCCCCCCCCCCCC. The molecule has 0 aromatic carbocycles. The van der Waals surface area contributed by atoms with Crippen molar-refractivity contribution in [3.63, 3.8) is 0 Å². The average molecular weight is 1160 g/mol. The first-order valence-corrected chi connectivity index (χ1v) is 37.1.